The highest BCUT2D eigenvalue weighted by molar-refractivity contribution is 5.94. The zero-order valence-electron chi connectivity index (χ0n) is 13.8. The molecule has 5 heteroatoms. The molecule has 24 heavy (non-hydrogen) atoms. The van der Waals surface area contributed by atoms with E-state index in [2.05, 4.69) is 17.2 Å². The molecule has 126 valence electrons. The Hall–Kier alpha value is -2.61. The number of benzene rings is 1. The molecular formula is C19H23N3O2. The molecule has 1 fully saturated rings. The van der Waals surface area contributed by atoms with Crippen LogP contribution >= 0.6 is 0 Å². The van der Waals surface area contributed by atoms with Gasteiger partial charge in [0.15, 0.2) is 0 Å². The number of nitriles is 1. The van der Waals surface area contributed by atoms with E-state index in [1.165, 1.54) is 5.57 Å². The third-order valence-electron chi connectivity index (χ3n) is 4.50. The fourth-order valence-electron chi connectivity index (χ4n) is 3.08. The van der Waals surface area contributed by atoms with Gasteiger partial charge in [-0.1, -0.05) is 30.4 Å². The highest BCUT2D eigenvalue weighted by Crippen LogP contribution is 2.32. The van der Waals surface area contributed by atoms with Gasteiger partial charge >= 0.3 is 0 Å². The molecule has 0 aliphatic heterocycles. The van der Waals surface area contributed by atoms with Crippen LogP contribution in [-0.2, 0) is 4.79 Å². The van der Waals surface area contributed by atoms with Crippen LogP contribution in [0.1, 0.15) is 36.0 Å². The second kappa shape index (κ2) is 8.88. The number of amides is 2. The molecule has 1 atom stereocenters. The van der Waals surface area contributed by atoms with Crippen molar-refractivity contribution in [2.24, 2.45) is 11.8 Å². The summed E-state index contributed by atoms with van der Waals surface area (Å²) in [5.74, 6) is -0.472. The first kappa shape index (κ1) is 17.7. The van der Waals surface area contributed by atoms with Gasteiger partial charge in [-0.3, -0.25) is 9.59 Å². The predicted octanol–water partition coefficient (Wildman–Crippen LogP) is 2.42. The molecule has 5 nitrogen and oxygen atoms in total. The molecule has 0 spiro atoms. The molecule has 0 radical (unpaired) electrons. The molecule has 0 heterocycles. The fourth-order valence-corrected chi connectivity index (χ4v) is 3.08. The van der Waals surface area contributed by atoms with Crippen LogP contribution < -0.4 is 10.6 Å². The quantitative estimate of drug-likeness (QED) is 0.622. The number of rotatable bonds is 6. The standard InChI is InChI=1S/C19H23N3O2/c1-14-7-9-15(10-8-14)17(19(24)21-12-11-20)13-22-18(23)16-5-3-2-4-6-16/h2-6,15,17H,1,7-10,12-13H2,(H,21,24)(H,22,23). The van der Waals surface area contributed by atoms with Gasteiger partial charge in [0, 0.05) is 12.1 Å². The average Bonchev–Trinajstić information content (AvgIpc) is 2.62. The van der Waals surface area contributed by atoms with Crippen LogP contribution in [-0.4, -0.2) is 24.9 Å². The number of allylic oxidation sites excluding steroid dienone is 1. The van der Waals surface area contributed by atoms with Crippen molar-refractivity contribution in [2.45, 2.75) is 25.7 Å². The smallest absolute Gasteiger partial charge is 0.251 e. The van der Waals surface area contributed by atoms with E-state index in [4.69, 9.17) is 5.26 Å². The summed E-state index contributed by atoms with van der Waals surface area (Å²) in [6.45, 7) is 4.27. The molecule has 1 aromatic carbocycles. The Bertz CT molecular complexity index is 624. The molecule has 0 bridgehead atoms. The maximum Gasteiger partial charge on any atom is 0.251 e. The van der Waals surface area contributed by atoms with Gasteiger partial charge in [0.1, 0.15) is 6.54 Å². The van der Waals surface area contributed by atoms with Crippen LogP contribution in [0.4, 0.5) is 0 Å². The van der Waals surface area contributed by atoms with Crippen LogP contribution in [0.15, 0.2) is 42.5 Å². The lowest BCUT2D eigenvalue weighted by atomic mass is 9.78. The van der Waals surface area contributed by atoms with Gasteiger partial charge in [-0.05, 0) is 43.7 Å². The third kappa shape index (κ3) is 4.95. The highest BCUT2D eigenvalue weighted by Gasteiger charge is 2.30. The van der Waals surface area contributed by atoms with E-state index in [1.807, 2.05) is 12.1 Å². The van der Waals surface area contributed by atoms with Gasteiger partial charge in [-0.2, -0.15) is 5.26 Å². The summed E-state index contributed by atoms with van der Waals surface area (Å²) in [6, 6.07) is 10.9. The van der Waals surface area contributed by atoms with Crippen molar-refractivity contribution < 1.29 is 9.59 Å². The molecule has 2 rings (SSSR count). The van der Waals surface area contributed by atoms with E-state index in [0.717, 1.165) is 25.7 Å². The van der Waals surface area contributed by atoms with E-state index in [1.54, 1.807) is 24.3 Å². The maximum absolute atomic E-state index is 12.4. The SMILES string of the molecule is C=C1CCC(C(CNC(=O)c2ccccc2)C(=O)NCC#N)CC1. The monoisotopic (exact) mass is 325 g/mol. The van der Waals surface area contributed by atoms with Crippen molar-refractivity contribution in [1.29, 1.82) is 5.26 Å². The van der Waals surface area contributed by atoms with Crippen LogP contribution in [0.25, 0.3) is 0 Å². The molecule has 0 saturated heterocycles. The summed E-state index contributed by atoms with van der Waals surface area (Å²) in [7, 11) is 0. The highest BCUT2D eigenvalue weighted by atomic mass is 16.2. The first-order chi connectivity index (χ1) is 11.6. The van der Waals surface area contributed by atoms with Gasteiger partial charge in [0.2, 0.25) is 5.91 Å². The Labute approximate surface area is 142 Å². The molecule has 1 unspecified atom stereocenters. The summed E-state index contributed by atoms with van der Waals surface area (Å²) in [6.07, 6.45) is 3.62. The first-order valence-electron chi connectivity index (χ1n) is 8.26. The molecule has 2 amide bonds. The largest absolute Gasteiger partial charge is 0.351 e. The Morgan fingerprint density at radius 3 is 2.50 bits per heavy atom. The van der Waals surface area contributed by atoms with E-state index >= 15 is 0 Å². The van der Waals surface area contributed by atoms with E-state index in [9.17, 15) is 9.59 Å². The zero-order valence-corrected chi connectivity index (χ0v) is 13.8. The van der Waals surface area contributed by atoms with Crippen LogP contribution in [0.5, 0.6) is 0 Å². The van der Waals surface area contributed by atoms with Gasteiger partial charge in [0.05, 0.1) is 12.0 Å². The van der Waals surface area contributed by atoms with Gasteiger partial charge in [0.25, 0.3) is 5.91 Å². The van der Waals surface area contributed by atoms with Crippen molar-refractivity contribution in [1.82, 2.24) is 10.6 Å². The summed E-state index contributed by atoms with van der Waals surface area (Å²) >= 11 is 0. The Morgan fingerprint density at radius 2 is 1.88 bits per heavy atom. The van der Waals surface area contributed by atoms with E-state index < -0.39 is 0 Å². The number of carbonyl (C=O) groups is 2. The summed E-state index contributed by atoms with van der Waals surface area (Å²) in [5.41, 5.74) is 1.79. The lowest BCUT2D eigenvalue weighted by molar-refractivity contribution is -0.126. The number of hydrogen-bond acceptors (Lipinski definition) is 3. The van der Waals surface area contributed by atoms with Crippen molar-refractivity contribution in [2.75, 3.05) is 13.1 Å². The summed E-state index contributed by atoms with van der Waals surface area (Å²) < 4.78 is 0. The van der Waals surface area contributed by atoms with Crippen LogP contribution in [0, 0.1) is 23.2 Å². The van der Waals surface area contributed by atoms with Crippen molar-refractivity contribution in [3.05, 3.63) is 48.0 Å². The zero-order chi connectivity index (χ0) is 17.4. The van der Waals surface area contributed by atoms with E-state index in [-0.39, 0.29) is 36.7 Å². The first-order valence-corrected chi connectivity index (χ1v) is 8.26. The number of carbonyl (C=O) groups excluding carboxylic acids is 2. The number of hydrogen-bond donors (Lipinski definition) is 2. The maximum atomic E-state index is 12.4. The van der Waals surface area contributed by atoms with Crippen molar-refractivity contribution in [3.8, 4) is 6.07 Å². The van der Waals surface area contributed by atoms with Gasteiger partial charge in [-0.15, -0.1) is 0 Å². The van der Waals surface area contributed by atoms with Crippen LogP contribution in [0.3, 0.4) is 0 Å². The predicted molar refractivity (Wildman–Crippen MR) is 92.0 cm³/mol. The molecule has 1 aromatic rings. The van der Waals surface area contributed by atoms with Crippen molar-refractivity contribution >= 4 is 11.8 Å². The minimum Gasteiger partial charge on any atom is -0.351 e. The Kier molecular flexibility index (Phi) is 6.56. The number of nitrogens with zero attached hydrogens (tertiary/aromatic N) is 1. The topological polar surface area (TPSA) is 82.0 Å². The lowest BCUT2D eigenvalue weighted by Gasteiger charge is -2.30. The molecular weight excluding hydrogens is 302 g/mol. The lowest BCUT2D eigenvalue weighted by Crippen LogP contribution is -2.43. The summed E-state index contributed by atoms with van der Waals surface area (Å²) in [4.78, 5) is 24.6. The normalized spacial score (nSPS) is 16.0. The minimum atomic E-state index is -0.320. The second-order valence-corrected chi connectivity index (χ2v) is 6.15. The second-order valence-electron chi connectivity index (χ2n) is 6.15. The minimum absolute atomic E-state index is 0.0125. The molecule has 2 N–H and O–H groups in total. The average molecular weight is 325 g/mol. The molecule has 0 aromatic heterocycles. The van der Waals surface area contributed by atoms with Crippen LogP contribution in [0.2, 0.25) is 0 Å². The fraction of sp³-hybridized carbons (Fsp3) is 0.421. The molecule has 1 aliphatic carbocycles. The molecule has 1 saturated carbocycles. The number of nitrogens with one attached hydrogen (secondary N) is 2. The van der Waals surface area contributed by atoms with Gasteiger partial charge in [-0.25, -0.2) is 0 Å². The Morgan fingerprint density at radius 1 is 1.21 bits per heavy atom. The van der Waals surface area contributed by atoms with Gasteiger partial charge < -0.3 is 10.6 Å². The summed E-state index contributed by atoms with van der Waals surface area (Å²) in [5, 5.41) is 14.2. The Balaban J connectivity index is 1.99. The third-order valence-corrected chi connectivity index (χ3v) is 4.50. The van der Waals surface area contributed by atoms with Crippen molar-refractivity contribution in [3.63, 3.8) is 0 Å². The van der Waals surface area contributed by atoms with E-state index in [0.29, 0.717) is 5.56 Å². The molecule has 1 aliphatic rings.